The van der Waals surface area contributed by atoms with E-state index in [0.29, 0.717) is 0 Å². The van der Waals surface area contributed by atoms with Crippen LogP contribution in [0, 0.1) is 5.82 Å². The Morgan fingerprint density at radius 3 is 2.20 bits per heavy atom. The summed E-state index contributed by atoms with van der Waals surface area (Å²) >= 11 is 0. The number of hydrogen-bond acceptors (Lipinski definition) is 3. The van der Waals surface area contributed by atoms with Crippen molar-refractivity contribution in [2.24, 2.45) is 0 Å². The molecule has 0 aliphatic heterocycles. The van der Waals surface area contributed by atoms with Gasteiger partial charge in [-0.1, -0.05) is 18.2 Å². The zero-order valence-electron chi connectivity index (χ0n) is 11.9. The van der Waals surface area contributed by atoms with Crippen LogP contribution in [-0.2, 0) is 15.1 Å². The fourth-order valence-electron chi connectivity index (χ4n) is 1.61. The number of carboxylic acids is 1. The van der Waals surface area contributed by atoms with Crippen molar-refractivity contribution in [1.82, 2.24) is 5.32 Å². The monoisotopic (exact) mass is 283 g/mol. The summed E-state index contributed by atoms with van der Waals surface area (Å²) in [7, 11) is 0. The van der Waals surface area contributed by atoms with Crippen LogP contribution in [0.25, 0.3) is 0 Å². The highest BCUT2D eigenvalue weighted by atomic mass is 19.1. The van der Waals surface area contributed by atoms with Crippen molar-refractivity contribution in [3.63, 3.8) is 0 Å². The van der Waals surface area contributed by atoms with E-state index < -0.39 is 29.0 Å². The summed E-state index contributed by atoms with van der Waals surface area (Å²) in [6, 6.07) is 5.37. The number of benzene rings is 1. The van der Waals surface area contributed by atoms with E-state index in [0.717, 1.165) is 6.07 Å². The van der Waals surface area contributed by atoms with Crippen LogP contribution in [0.1, 0.15) is 33.3 Å². The molecule has 1 amide bonds. The third kappa shape index (κ3) is 3.69. The summed E-state index contributed by atoms with van der Waals surface area (Å²) in [6.45, 7) is 6.15. The number of amides is 1. The van der Waals surface area contributed by atoms with Crippen molar-refractivity contribution in [1.29, 1.82) is 0 Å². The second-order valence-electron chi connectivity index (χ2n) is 5.54. The molecule has 0 bridgehead atoms. The average Bonchev–Trinajstić information content (AvgIpc) is 2.26. The lowest BCUT2D eigenvalue weighted by atomic mass is 9.92. The zero-order chi connectivity index (χ0) is 15.6. The number of rotatable bonds is 3. The van der Waals surface area contributed by atoms with Gasteiger partial charge in [0.2, 0.25) is 0 Å². The first-order chi connectivity index (χ1) is 9.06. The molecule has 1 aromatic rings. The van der Waals surface area contributed by atoms with Crippen LogP contribution >= 0.6 is 0 Å². The number of halogens is 1. The maximum absolute atomic E-state index is 13.8. The van der Waals surface area contributed by atoms with Gasteiger partial charge in [0.15, 0.2) is 5.54 Å². The molecule has 0 saturated carbocycles. The summed E-state index contributed by atoms with van der Waals surface area (Å²) in [5, 5.41) is 11.5. The Bertz CT molecular complexity index is 524. The average molecular weight is 283 g/mol. The number of hydrogen-bond donors (Lipinski definition) is 2. The zero-order valence-corrected chi connectivity index (χ0v) is 11.9. The van der Waals surface area contributed by atoms with Gasteiger partial charge in [-0.3, -0.25) is 0 Å². The SMILES string of the molecule is CC(C)(C)OC(=O)NC(C)(C(=O)O)c1ccccc1F. The number of carbonyl (C=O) groups is 2. The molecule has 0 radical (unpaired) electrons. The van der Waals surface area contributed by atoms with Crippen LogP contribution in [0.2, 0.25) is 0 Å². The standard InChI is InChI=1S/C14H18FNO4/c1-13(2,3)20-12(19)16-14(4,11(17)18)9-7-5-6-8-10(9)15/h5-8H,1-4H3,(H,16,19)(H,17,18). The Balaban J connectivity index is 3.09. The quantitative estimate of drug-likeness (QED) is 0.894. The molecule has 0 aliphatic rings. The minimum absolute atomic E-state index is 0.140. The number of carboxylic acid groups (broad SMARTS) is 1. The van der Waals surface area contributed by atoms with E-state index in [1.54, 1.807) is 20.8 Å². The predicted octanol–water partition coefficient (Wildman–Crippen LogP) is 2.65. The van der Waals surface area contributed by atoms with Crippen molar-refractivity contribution in [3.05, 3.63) is 35.6 Å². The number of carbonyl (C=O) groups excluding carboxylic acids is 1. The van der Waals surface area contributed by atoms with Crippen LogP contribution in [0.4, 0.5) is 9.18 Å². The lowest BCUT2D eigenvalue weighted by Gasteiger charge is -2.29. The molecule has 1 rings (SSSR count). The first-order valence-electron chi connectivity index (χ1n) is 6.06. The van der Waals surface area contributed by atoms with E-state index in [4.69, 9.17) is 4.74 Å². The van der Waals surface area contributed by atoms with Gasteiger partial charge in [0.1, 0.15) is 11.4 Å². The first kappa shape index (κ1) is 15.9. The van der Waals surface area contributed by atoms with Crippen LogP contribution in [-0.4, -0.2) is 22.8 Å². The minimum Gasteiger partial charge on any atom is -0.479 e. The van der Waals surface area contributed by atoms with Crippen molar-refractivity contribution in [2.45, 2.75) is 38.8 Å². The molecule has 1 unspecified atom stereocenters. The van der Waals surface area contributed by atoms with Gasteiger partial charge in [-0.05, 0) is 33.8 Å². The van der Waals surface area contributed by atoms with Gasteiger partial charge in [-0.25, -0.2) is 14.0 Å². The van der Waals surface area contributed by atoms with Gasteiger partial charge >= 0.3 is 12.1 Å². The third-order valence-electron chi connectivity index (χ3n) is 2.59. The van der Waals surface area contributed by atoms with Gasteiger partial charge in [0.05, 0.1) is 0 Å². The number of nitrogens with one attached hydrogen (secondary N) is 1. The third-order valence-corrected chi connectivity index (χ3v) is 2.59. The second kappa shape index (κ2) is 5.48. The van der Waals surface area contributed by atoms with Gasteiger partial charge < -0.3 is 15.2 Å². The van der Waals surface area contributed by atoms with Crippen molar-refractivity contribution >= 4 is 12.1 Å². The molecule has 0 aliphatic carbocycles. The van der Waals surface area contributed by atoms with Crippen LogP contribution in [0.3, 0.4) is 0 Å². The van der Waals surface area contributed by atoms with E-state index in [1.165, 1.54) is 25.1 Å². The number of aliphatic carboxylic acids is 1. The smallest absolute Gasteiger partial charge is 0.408 e. The topological polar surface area (TPSA) is 75.6 Å². The Hall–Kier alpha value is -2.11. The summed E-state index contributed by atoms with van der Waals surface area (Å²) < 4.78 is 18.8. The second-order valence-corrected chi connectivity index (χ2v) is 5.54. The van der Waals surface area contributed by atoms with Gasteiger partial charge in [0, 0.05) is 5.56 Å². The molecule has 0 fully saturated rings. The van der Waals surface area contributed by atoms with Crippen molar-refractivity contribution < 1.29 is 23.8 Å². The predicted molar refractivity (Wildman–Crippen MR) is 70.8 cm³/mol. The Labute approximate surface area is 116 Å². The molecular formula is C14H18FNO4. The van der Waals surface area contributed by atoms with Crippen molar-refractivity contribution in [2.75, 3.05) is 0 Å². The first-order valence-corrected chi connectivity index (χ1v) is 6.06. The molecule has 0 saturated heterocycles. The maximum atomic E-state index is 13.8. The fraction of sp³-hybridized carbons (Fsp3) is 0.429. The number of ether oxygens (including phenoxy) is 1. The minimum atomic E-state index is -1.91. The van der Waals surface area contributed by atoms with E-state index >= 15 is 0 Å². The normalized spacial score (nSPS) is 14.2. The molecule has 0 aromatic heterocycles. The largest absolute Gasteiger partial charge is 0.479 e. The van der Waals surface area contributed by atoms with Gasteiger partial charge in [-0.15, -0.1) is 0 Å². The van der Waals surface area contributed by atoms with Crippen LogP contribution in [0.15, 0.2) is 24.3 Å². The highest BCUT2D eigenvalue weighted by Gasteiger charge is 2.40. The van der Waals surface area contributed by atoms with E-state index in [1.807, 2.05) is 0 Å². The van der Waals surface area contributed by atoms with Gasteiger partial charge in [-0.2, -0.15) is 0 Å². The molecule has 1 aromatic carbocycles. The lowest BCUT2D eigenvalue weighted by Crippen LogP contribution is -2.51. The molecule has 1 atom stereocenters. The molecule has 20 heavy (non-hydrogen) atoms. The molecular weight excluding hydrogens is 265 g/mol. The Morgan fingerprint density at radius 2 is 1.75 bits per heavy atom. The van der Waals surface area contributed by atoms with E-state index in [2.05, 4.69) is 5.32 Å². The summed E-state index contributed by atoms with van der Waals surface area (Å²) in [5.74, 6) is -2.10. The Morgan fingerprint density at radius 1 is 1.20 bits per heavy atom. The van der Waals surface area contributed by atoms with Crippen LogP contribution < -0.4 is 5.32 Å². The number of alkyl carbamates (subject to hydrolysis) is 1. The van der Waals surface area contributed by atoms with E-state index in [-0.39, 0.29) is 5.56 Å². The highest BCUT2D eigenvalue weighted by molar-refractivity contribution is 5.85. The fourth-order valence-corrected chi connectivity index (χ4v) is 1.61. The highest BCUT2D eigenvalue weighted by Crippen LogP contribution is 2.24. The maximum Gasteiger partial charge on any atom is 0.408 e. The molecule has 0 heterocycles. The molecule has 5 nitrogen and oxygen atoms in total. The molecule has 6 heteroatoms. The molecule has 0 spiro atoms. The van der Waals surface area contributed by atoms with Gasteiger partial charge in [0.25, 0.3) is 0 Å². The van der Waals surface area contributed by atoms with E-state index in [9.17, 15) is 19.1 Å². The lowest BCUT2D eigenvalue weighted by molar-refractivity contribution is -0.144. The summed E-state index contributed by atoms with van der Waals surface area (Å²) in [6.07, 6.45) is -0.925. The molecule has 2 N–H and O–H groups in total. The van der Waals surface area contributed by atoms with Crippen LogP contribution in [0.5, 0.6) is 0 Å². The van der Waals surface area contributed by atoms with Crippen molar-refractivity contribution in [3.8, 4) is 0 Å². The Kier molecular flexibility index (Phi) is 4.37. The summed E-state index contributed by atoms with van der Waals surface area (Å²) in [5.41, 5.74) is -2.83. The molecule has 110 valence electrons. The summed E-state index contributed by atoms with van der Waals surface area (Å²) in [4.78, 5) is 23.2.